The van der Waals surface area contributed by atoms with Crippen molar-refractivity contribution in [1.29, 1.82) is 0 Å². The number of rotatable bonds is 4. The molecule has 14 heavy (non-hydrogen) atoms. The third-order valence-corrected chi connectivity index (χ3v) is 3.28. The highest BCUT2D eigenvalue weighted by Crippen LogP contribution is 2.34. The summed E-state index contributed by atoms with van der Waals surface area (Å²) in [6.07, 6.45) is 5.06. The molecule has 1 fully saturated rings. The van der Waals surface area contributed by atoms with Gasteiger partial charge in [0.1, 0.15) is 0 Å². The maximum atomic E-state index is 5.26. The Balaban J connectivity index is 2.25. The molecule has 0 heterocycles. The standard InChI is InChI=1S/C11H22N2S/c1-4-11(6-5-7-11)13-10(14)12-8-9(2)3/h9H,4-8H2,1-3H3,(H2,12,13,14). The van der Waals surface area contributed by atoms with Gasteiger partial charge >= 0.3 is 0 Å². The van der Waals surface area contributed by atoms with Gasteiger partial charge in [-0.1, -0.05) is 20.8 Å². The lowest BCUT2D eigenvalue weighted by molar-refractivity contribution is 0.209. The Hall–Kier alpha value is -0.310. The SMILES string of the molecule is CCC1(NC(=S)NCC(C)C)CCC1. The molecule has 0 aliphatic heterocycles. The number of hydrogen-bond donors (Lipinski definition) is 2. The molecule has 2 nitrogen and oxygen atoms in total. The zero-order valence-electron chi connectivity index (χ0n) is 9.52. The van der Waals surface area contributed by atoms with E-state index in [4.69, 9.17) is 12.2 Å². The molecule has 1 aliphatic rings. The van der Waals surface area contributed by atoms with Crippen LogP contribution in [0.15, 0.2) is 0 Å². The molecule has 1 aliphatic carbocycles. The van der Waals surface area contributed by atoms with Gasteiger partial charge in [-0.15, -0.1) is 0 Å². The number of thiocarbonyl (C=S) groups is 1. The fraction of sp³-hybridized carbons (Fsp3) is 0.909. The van der Waals surface area contributed by atoms with Crippen molar-refractivity contribution in [2.45, 2.75) is 52.0 Å². The van der Waals surface area contributed by atoms with Crippen molar-refractivity contribution in [3.63, 3.8) is 0 Å². The minimum absolute atomic E-state index is 0.320. The second-order valence-electron chi connectivity index (χ2n) is 4.72. The molecule has 0 saturated heterocycles. The third-order valence-electron chi connectivity index (χ3n) is 3.04. The normalized spacial score (nSPS) is 18.9. The Kier molecular flexibility index (Phi) is 4.17. The highest BCUT2D eigenvalue weighted by atomic mass is 32.1. The molecule has 0 amide bonds. The van der Waals surface area contributed by atoms with E-state index in [-0.39, 0.29) is 0 Å². The summed E-state index contributed by atoms with van der Waals surface area (Å²) in [5, 5.41) is 7.55. The summed E-state index contributed by atoms with van der Waals surface area (Å²) >= 11 is 5.26. The summed E-state index contributed by atoms with van der Waals surface area (Å²) in [5.41, 5.74) is 0.320. The third kappa shape index (κ3) is 3.12. The van der Waals surface area contributed by atoms with Crippen LogP contribution < -0.4 is 10.6 Å². The molecule has 2 N–H and O–H groups in total. The molecular weight excluding hydrogens is 192 g/mol. The van der Waals surface area contributed by atoms with Crippen molar-refractivity contribution in [3.05, 3.63) is 0 Å². The summed E-state index contributed by atoms with van der Waals surface area (Å²) in [6.45, 7) is 7.58. The summed E-state index contributed by atoms with van der Waals surface area (Å²) in [7, 11) is 0. The van der Waals surface area contributed by atoms with Crippen LogP contribution in [0.4, 0.5) is 0 Å². The van der Waals surface area contributed by atoms with Gasteiger partial charge in [-0.05, 0) is 43.8 Å². The minimum Gasteiger partial charge on any atom is -0.362 e. The van der Waals surface area contributed by atoms with Crippen molar-refractivity contribution in [2.75, 3.05) is 6.54 Å². The summed E-state index contributed by atoms with van der Waals surface area (Å²) in [5.74, 6) is 0.647. The Bertz CT molecular complexity index is 192. The fourth-order valence-corrected chi connectivity index (χ4v) is 2.05. The van der Waals surface area contributed by atoms with E-state index in [1.54, 1.807) is 0 Å². The minimum atomic E-state index is 0.320. The molecule has 0 bridgehead atoms. The van der Waals surface area contributed by atoms with E-state index in [0.29, 0.717) is 11.5 Å². The molecule has 0 aromatic heterocycles. The van der Waals surface area contributed by atoms with E-state index in [9.17, 15) is 0 Å². The van der Waals surface area contributed by atoms with Crippen LogP contribution >= 0.6 is 12.2 Å². The van der Waals surface area contributed by atoms with Crippen molar-refractivity contribution in [2.24, 2.45) is 5.92 Å². The molecule has 0 aromatic rings. The lowest BCUT2D eigenvalue weighted by atomic mass is 9.75. The van der Waals surface area contributed by atoms with Crippen molar-refractivity contribution in [1.82, 2.24) is 10.6 Å². The van der Waals surface area contributed by atoms with Gasteiger partial charge in [0, 0.05) is 12.1 Å². The lowest BCUT2D eigenvalue weighted by Gasteiger charge is -2.42. The van der Waals surface area contributed by atoms with E-state index in [2.05, 4.69) is 31.4 Å². The second kappa shape index (κ2) is 4.96. The van der Waals surface area contributed by atoms with Gasteiger partial charge in [0.15, 0.2) is 5.11 Å². The van der Waals surface area contributed by atoms with Crippen LogP contribution in [0, 0.1) is 5.92 Å². The maximum absolute atomic E-state index is 5.26. The monoisotopic (exact) mass is 214 g/mol. The van der Waals surface area contributed by atoms with Gasteiger partial charge < -0.3 is 10.6 Å². The maximum Gasteiger partial charge on any atom is 0.166 e. The Morgan fingerprint density at radius 1 is 1.43 bits per heavy atom. The van der Waals surface area contributed by atoms with Crippen molar-refractivity contribution >= 4 is 17.3 Å². The molecular formula is C11H22N2S. The average Bonchev–Trinajstić information content (AvgIpc) is 2.08. The van der Waals surface area contributed by atoms with Crippen LogP contribution in [0.5, 0.6) is 0 Å². The first-order chi connectivity index (χ1) is 6.58. The first-order valence-electron chi connectivity index (χ1n) is 5.64. The molecule has 3 heteroatoms. The van der Waals surface area contributed by atoms with Crippen LogP contribution in [-0.2, 0) is 0 Å². The average molecular weight is 214 g/mol. The quantitative estimate of drug-likeness (QED) is 0.703. The van der Waals surface area contributed by atoms with Crippen LogP contribution in [0.2, 0.25) is 0 Å². The summed E-state index contributed by atoms with van der Waals surface area (Å²) in [6, 6.07) is 0. The van der Waals surface area contributed by atoms with Crippen molar-refractivity contribution in [3.8, 4) is 0 Å². The summed E-state index contributed by atoms with van der Waals surface area (Å²) in [4.78, 5) is 0. The van der Waals surface area contributed by atoms with Crippen LogP contribution in [-0.4, -0.2) is 17.2 Å². The molecule has 0 radical (unpaired) electrons. The molecule has 0 spiro atoms. The van der Waals surface area contributed by atoms with Gasteiger partial charge in [0.05, 0.1) is 0 Å². The smallest absolute Gasteiger partial charge is 0.166 e. The van der Waals surface area contributed by atoms with E-state index >= 15 is 0 Å². The first kappa shape index (κ1) is 11.8. The lowest BCUT2D eigenvalue weighted by Crippen LogP contribution is -2.56. The van der Waals surface area contributed by atoms with Gasteiger partial charge in [-0.3, -0.25) is 0 Å². The molecule has 82 valence electrons. The largest absolute Gasteiger partial charge is 0.362 e. The molecule has 1 saturated carbocycles. The topological polar surface area (TPSA) is 24.1 Å². The predicted octanol–water partition coefficient (Wildman–Crippen LogP) is 2.44. The Morgan fingerprint density at radius 3 is 2.43 bits per heavy atom. The second-order valence-corrected chi connectivity index (χ2v) is 5.12. The molecule has 0 atom stereocenters. The van der Waals surface area contributed by atoms with E-state index in [1.165, 1.54) is 25.7 Å². The Labute approximate surface area is 92.8 Å². The molecule has 0 unspecified atom stereocenters. The number of nitrogens with one attached hydrogen (secondary N) is 2. The highest BCUT2D eigenvalue weighted by molar-refractivity contribution is 7.80. The zero-order chi connectivity index (χ0) is 10.6. The van der Waals surface area contributed by atoms with Crippen molar-refractivity contribution < 1.29 is 0 Å². The predicted molar refractivity (Wildman–Crippen MR) is 65.4 cm³/mol. The molecule has 1 rings (SSSR count). The first-order valence-corrected chi connectivity index (χ1v) is 6.05. The molecule has 0 aromatic carbocycles. The Morgan fingerprint density at radius 2 is 2.07 bits per heavy atom. The van der Waals surface area contributed by atoms with Gasteiger partial charge in [-0.2, -0.15) is 0 Å². The fourth-order valence-electron chi connectivity index (χ4n) is 1.75. The van der Waals surface area contributed by atoms with Crippen LogP contribution in [0.1, 0.15) is 46.5 Å². The zero-order valence-corrected chi connectivity index (χ0v) is 10.3. The van der Waals surface area contributed by atoms with Gasteiger partial charge in [0.25, 0.3) is 0 Å². The van der Waals surface area contributed by atoms with Crippen LogP contribution in [0.25, 0.3) is 0 Å². The van der Waals surface area contributed by atoms with E-state index in [1.807, 2.05) is 0 Å². The summed E-state index contributed by atoms with van der Waals surface area (Å²) < 4.78 is 0. The van der Waals surface area contributed by atoms with E-state index < -0.39 is 0 Å². The highest BCUT2D eigenvalue weighted by Gasteiger charge is 2.35. The van der Waals surface area contributed by atoms with Gasteiger partial charge in [0.2, 0.25) is 0 Å². The van der Waals surface area contributed by atoms with Crippen LogP contribution in [0.3, 0.4) is 0 Å². The number of hydrogen-bond acceptors (Lipinski definition) is 1. The van der Waals surface area contributed by atoms with Gasteiger partial charge in [-0.25, -0.2) is 0 Å². The van der Waals surface area contributed by atoms with E-state index in [0.717, 1.165) is 11.7 Å².